The molecule has 3 aliphatic heterocycles. The molecule has 3 fully saturated rings. The summed E-state index contributed by atoms with van der Waals surface area (Å²) < 4.78 is 23.0. The van der Waals surface area contributed by atoms with Crippen LogP contribution in [0, 0.1) is 16.2 Å². The summed E-state index contributed by atoms with van der Waals surface area (Å²) in [5, 5.41) is 12.0. The topological polar surface area (TPSA) is 125 Å². The van der Waals surface area contributed by atoms with Crippen LogP contribution in [0.2, 0.25) is 0 Å². The number of cyclic esters (lactones) is 2. The van der Waals surface area contributed by atoms with Crippen molar-refractivity contribution in [1.29, 1.82) is 0 Å². The third kappa shape index (κ3) is 2.28. The summed E-state index contributed by atoms with van der Waals surface area (Å²) in [4.78, 5) is 51.9. The van der Waals surface area contributed by atoms with E-state index < -0.39 is 69.1 Å². The Morgan fingerprint density at radius 1 is 1.11 bits per heavy atom. The number of fused-ring (bicyclic) bond motifs is 2. The van der Waals surface area contributed by atoms with Crippen LogP contribution in [0.4, 0.5) is 0 Å². The van der Waals surface area contributed by atoms with Gasteiger partial charge in [0, 0.05) is 23.8 Å². The normalized spacial score (nSPS) is 46.6. The minimum atomic E-state index is -2.34. The second kappa shape index (κ2) is 6.68. The van der Waals surface area contributed by atoms with Gasteiger partial charge in [-0.05, 0) is 58.6 Å². The highest BCUT2D eigenvalue weighted by Crippen LogP contribution is 2.75. The van der Waals surface area contributed by atoms with Crippen LogP contribution in [-0.2, 0) is 38.1 Å². The van der Waals surface area contributed by atoms with Gasteiger partial charge in [-0.2, -0.15) is 0 Å². The van der Waals surface area contributed by atoms with Crippen molar-refractivity contribution in [3.63, 3.8) is 0 Å². The van der Waals surface area contributed by atoms with E-state index in [0.717, 1.165) is 0 Å². The Kier molecular flexibility index (Phi) is 4.59. The van der Waals surface area contributed by atoms with E-state index in [9.17, 15) is 24.3 Å². The van der Waals surface area contributed by atoms with E-state index in [4.69, 9.17) is 18.9 Å². The number of carbonyl (C=O) groups excluding carboxylic acids is 4. The highest BCUT2D eigenvalue weighted by atomic mass is 16.6. The molecule has 2 bridgehead atoms. The van der Waals surface area contributed by atoms with Crippen LogP contribution in [0.15, 0.2) is 35.5 Å². The lowest BCUT2D eigenvalue weighted by molar-refractivity contribution is -0.244. The monoisotopic (exact) mass is 500 g/mol. The van der Waals surface area contributed by atoms with Gasteiger partial charge in [0.05, 0.1) is 0 Å². The van der Waals surface area contributed by atoms with E-state index in [1.807, 2.05) is 20.8 Å². The van der Waals surface area contributed by atoms with Crippen LogP contribution >= 0.6 is 0 Å². The van der Waals surface area contributed by atoms with Crippen molar-refractivity contribution < 1.29 is 43.2 Å². The molecule has 0 aromatic carbocycles. The predicted octanol–water partition coefficient (Wildman–Crippen LogP) is 2.46. The molecule has 194 valence electrons. The van der Waals surface area contributed by atoms with Crippen molar-refractivity contribution in [3.05, 3.63) is 35.5 Å². The molecule has 36 heavy (non-hydrogen) atoms. The van der Waals surface area contributed by atoms with Gasteiger partial charge < -0.3 is 24.1 Å². The van der Waals surface area contributed by atoms with Crippen LogP contribution < -0.4 is 0 Å². The molecule has 5 rings (SSSR count). The average Bonchev–Trinajstić information content (AvgIpc) is 2.96. The maximum atomic E-state index is 13.8. The average molecular weight is 501 g/mol. The molecule has 7 unspecified atom stereocenters. The molecule has 2 saturated heterocycles. The minimum absolute atomic E-state index is 0.137. The van der Waals surface area contributed by atoms with Crippen molar-refractivity contribution >= 4 is 23.9 Å². The Morgan fingerprint density at radius 2 is 1.75 bits per heavy atom. The van der Waals surface area contributed by atoms with E-state index in [-0.39, 0.29) is 12.0 Å². The number of aliphatic hydroxyl groups is 1. The molecular formula is C27H32O9. The molecule has 0 amide bonds. The fraction of sp³-hybridized carbons (Fsp3) is 0.630. The van der Waals surface area contributed by atoms with Gasteiger partial charge >= 0.3 is 23.9 Å². The lowest BCUT2D eigenvalue weighted by Crippen LogP contribution is -2.79. The number of ether oxygens (including phenoxy) is 4. The van der Waals surface area contributed by atoms with Crippen molar-refractivity contribution in [3.8, 4) is 0 Å². The molecule has 5 aliphatic rings. The molecule has 2 aliphatic carbocycles. The molecule has 0 aromatic rings. The summed E-state index contributed by atoms with van der Waals surface area (Å²) in [7, 11) is 0. The standard InChI is InChI=1S/C27H32O9/c1-13-18-19(34-16(4)28)24(8)14(2)26(20(30)33-15(3)27(26,32)21(31)36-24)23(18,7)11-12-25(13)10-9-17(29)35-22(25,5)6/h9-10,15,19,32H,2,11-12H2,1,3-8H3. The predicted molar refractivity (Wildman–Crippen MR) is 124 cm³/mol. The number of hydrogen-bond acceptors (Lipinski definition) is 9. The Morgan fingerprint density at radius 3 is 2.33 bits per heavy atom. The van der Waals surface area contributed by atoms with E-state index >= 15 is 0 Å². The van der Waals surface area contributed by atoms with Gasteiger partial charge in [-0.15, -0.1) is 0 Å². The minimum Gasteiger partial charge on any atom is -0.458 e. The van der Waals surface area contributed by atoms with Crippen LogP contribution in [0.3, 0.4) is 0 Å². The SMILES string of the molecule is C=C1C2(C)OC(=O)C3(O)C(C)OC(=O)C13C1(C)CCC3(C=CC(=O)OC3(C)C)C(C)=C1C2OC(C)=O. The molecule has 7 atom stereocenters. The second-order valence-electron chi connectivity index (χ2n) is 11.6. The summed E-state index contributed by atoms with van der Waals surface area (Å²) in [6.07, 6.45) is 1.55. The van der Waals surface area contributed by atoms with E-state index in [0.29, 0.717) is 17.6 Å². The van der Waals surface area contributed by atoms with Crippen molar-refractivity contribution in [1.82, 2.24) is 0 Å². The van der Waals surface area contributed by atoms with Crippen LogP contribution in [0.5, 0.6) is 0 Å². The van der Waals surface area contributed by atoms with E-state index in [1.54, 1.807) is 19.9 Å². The smallest absolute Gasteiger partial charge is 0.344 e. The number of carbonyl (C=O) groups is 4. The highest BCUT2D eigenvalue weighted by molar-refractivity contribution is 6.01. The second-order valence-corrected chi connectivity index (χ2v) is 11.6. The molecule has 0 aromatic heterocycles. The Balaban J connectivity index is 1.92. The van der Waals surface area contributed by atoms with Crippen molar-refractivity contribution in [2.75, 3.05) is 0 Å². The molecule has 1 saturated carbocycles. The lowest BCUT2D eigenvalue weighted by atomic mass is 9.38. The fourth-order valence-corrected chi connectivity index (χ4v) is 8.02. The Labute approximate surface area is 209 Å². The summed E-state index contributed by atoms with van der Waals surface area (Å²) in [6.45, 7) is 15.7. The van der Waals surface area contributed by atoms with Crippen LogP contribution in [-0.4, -0.2) is 58.0 Å². The van der Waals surface area contributed by atoms with E-state index in [2.05, 4.69) is 6.58 Å². The molecule has 2 spiro atoms. The molecule has 1 N–H and O–H groups in total. The Bertz CT molecular complexity index is 1230. The van der Waals surface area contributed by atoms with Crippen LogP contribution in [0.1, 0.15) is 61.3 Å². The van der Waals surface area contributed by atoms with Gasteiger partial charge in [-0.25, -0.2) is 9.59 Å². The van der Waals surface area contributed by atoms with Gasteiger partial charge in [0.15, 0.2) is 11.7 Å². The Hall–Kier alpha value is -2.94. The zero-order chi connectivity index (χ0) is 26.9. The highest BCUT2D eigenvalue weighted by Gasteiger charge is 2.87. The zero-order valence-electron chi connectivity index (χ0n) is 21.6. The summed E-state index contributed by atoms with van der Waals surface area (Å²) >= 11 is 0. The first-order valence-electron chi connectivity index (χ1n) is 12.2. The largest absolute Gasteiger partial charge is 0.458 e. The zero-order valence-corrected chi connectivity index (χ0v) is 21.6. The molecule has 0 radical (unpaired) electrons. The van der Waals surface area contributed by atoms with Crippen molar-refractivity contribution in [2.45, 2.75) is 90.3 Å². The molecular weight excluding hydrogens is 468 g/mol. The summed E-state index contributed by atoms with van der Waals surface area (Å²) in [5.41, 5.74) is -7.51. The first-order chi connectivity index (χ1) is 16.5. The molecule has 9 heteroatoms. The molecule has 9 nitrogen and oxygen atoms in total. The first-order valence-corrected chi connectivity index (χ1v) is 12.2. The summed E-state index contributed by atoms with van der Waals surface area (Å²) in [5.74, 6) is -2.86. The van der Waals surface area contributed by atoms with Crippen LogP contribution in [0.25, 0.3) is 0 Å². The lowest BCUT2D eigenvalue weighted by Gasteiger charge is -2.67. The maximum absolute atomic E-state index is 13.8. The van der Waals surface area contributed by atoms with Gasteiger partial charge in [0.2, 0.25) is 5.60 Å². The summed E-state index contributed by atoms with van der Waals surface area (Å²) in [6, 6.07) is 0. The number of hydrogen-bond donors (Lipinski definition) is 1. The fourth-order valence-electron chi connectivity index (χ4n) is 8.02. The maximum Gasteiger partial charge on any atom is 0.344 e. The van der Waals surface area contributed by atoms with Gasteiger partial charge in [0.1, 0.15) is 17.1 Å². The van der Waals surface area contributed by atoms with Crippen molar-refractivity contribution in [2.24, 2.45) is 16.2 Å². The first kappa shape index (κ1) is 24.7. The molecule has 3 heterocycles. The van der Waals surface area contributed by atoms with Gasteiger partial charge in [-0.1, -0.05) is 25.2 Å². The number of esters is 4. The van der Waals surface area contributed by atoms with E-state index in [1.165, 1.54) is 19.9 Å². The third-order valence-electron chi connectivity index (χ3n) is 9.91. The van der Waals surface area contributed by atoms with Gasteiger partial charge in [-0.3, -0.25) is 9.59 Å². The third-order valence-corrected chi connectivity index (χ3v) is 9.91. The number of rotatable bonds is 1. The van der Waals surface area contributed by atoms with Gasteiger partial charge in [0.25, 0.3) is 0 Å². The quantitative estimate of drug-likeness (QED) is 0.328.